The van der Waals surface area contributed by atoms with Crippen LogP contribution in [0, 0.1) is 0 Å². The second kappa shape index (κ2) is 7.44. The van der Waals surface area contributed by atoms with E-state index in [-0.39, 0.29) is 6.61 Å². The van der Waals surface area contributed by atoms with Gasteiger partial charge >= 0.3 is 0 Å². The van der Waals surface area contributed by atoms with Gasteiger partial charge in [0.15, 0.2) is 6.61 Å². The molecule has 0 radical (unpaired) electrons. The average molecular weight is 288 g/mol. The van der Waals surface area contributed by atoms with E-state index in [0.717, 1.165) is 25.1 Å². The Morgan fingerprint density at radius 1 is 1.33 bits per heavy atom. The summed E-state index contributed by atoms with van der Waals surface area (Å²) in [6.07, 6.45) is 2.75. The van der Waals surface area contributed by atoms with Crippen LogP contribution in [0.4, 0.5) is 0 Å². The average Bonchev–Trinajstić information content (AvgIpc) is 2.88. The van der Waals surface area contributed by atoms with Crippen LogP contribution in [0.3, 0.4) is 0 Å². The molecule has 0 unspecified atom stereocenters. The molecule has 0 saturated heterocycles. The van der Waals surface area contributed by atoms with E-state index in [1.165, 1.54) is 5.69 Å². The van der Waals surface area contributed by atoms with Gasteiger partial charge in [-0.1, -0.05) is 12.1 Å². The molecule has 0 bridgehead atoms. The fourth-order valence-corrected chi connectivity index (χ4v) is 1.95. The van der Waals surface area contributed by atoms with Crippen molar-refractivity contribution in [2.24, 2.45) is 12.8 Å². The van der Waals surface area contributed by atoms with Gasteiger partial charge in [0.2, 0.25) is 0 Å². The van der Waals surface area contributed by atoms with Gasteiger partial charge in [-0.15, -0.1) is 0 Å². The highest BCUT2D eigenvalue weighted by molar-refractivity contribution is 5.75. The number of benzene rings is 1. The van der Waals surface area contributed by atoms with Crippen LogP contribution in [0.2, 0.25) is 0 Å². The quantitative estimate of drug-likeness (QED) is 0.698. The fourth-order valence-electron chi connectivity index (χ4n) is 1.95. The summed E-state index contributed by atoms with van der Waals surface area (Å²) in [6, 6.07) is 9.62. The van der Waals surface area contributed by atoms with Crippen molar-refractivity contribution in [3.05, 3.63) is 47.8 Å². The molecule has 0 atom stereocenters. The maximum Gasteiger partial charge on any atom is 0.255 e. The van der Waals surface area contributed by atoms with E-state index in [2.05, 4.69) is 10.4 Å². The van der Waals surface area contributed by atoms with Crippen LogP contribution in [0.15, 0.2) is 36.5 Å². The van der Waals surface area contributed by atoms with Crippen LogP contribution in [0.5, 0.6) is 5.75 Å². The van der Waals surface area contributed by atoms with Crippen molar-refractivity contribution in [3.63, 3.8) is 0 Å². The smallest absolute Gasteiger partial charge is 0.255 e. The van der Waals surface area contributed by atoms with Crippen LogP contribution in [-0.2, 0) is 24.8 Å². The summed E-state index contributed by atoms with van der Waals surface area (Å²) >= 11 is 0. The molecule has 6 heteroatoms. The van der Waals surface area contributed by atoms with Gasteiger partial charge in [0.05, 0.1) is 0 Å². The molecule has 1 aromatic carbocycles. The summed E-state index contributed by atoms with van der Waals surface area (Å²) in [5.41, 5.74) is 7.39. The second-order valence-corrected chi connectivity index (χ2v) is 4.77. The highest BCUT2D eigenvalue weighted by Crippen LogP contribution is 2.11. The predicted molar refractivity (Wildman–Crippen MR) is 79.8 cm³/mol. The molecule has 0 aliphatic carbocycles. The highest BCUT2D eigenvalue weighted by Gasteiger charge is 2.00. The van der Waals surface area contributed by atoms with Gasteiger partial charge in [0.1, 0.15) is 5.75 Å². The Morgan fingerprint density at radius 3 is 2.71 bits per heavy atom. The molecule has 2 aromatic rings. The molecule has 0 spiro atoms. The largest absolute Gasteiger partial charge is 0.484 e. The van der Waals surface area contributed by atoms with Gasteiger partial charge in [-0.3, -0.25) is 9.48 Å². The number of aromatic nitrogens is 2. The monoisotopic (exact) mass is 288 g/mol. The molecule has 1 amide bonds. The van der Waals surface area contributed by atoms with E-state index < -0.39 is 5.91 Å². The van der Waals surface area contributed by atoms with E-state index >= 15 is 0 Å². The topological polar surface area (TPSA) is 82.2 Å². The van der Waals surface area contributed by atoms with Crippen LogP contribution < -0.4 is 15.8 Å². The van der Waals surface area contributed by atoms with Crippen LogP contribution in [0.1, 0.15) is 11.3 Å². The van der Waals surface area contributed by atoms with Gasteiger partial charge in [0, 0.05) is 38.4 Å². The van der Waals surface area contributed by atoms with E-state index in [1.807, 2.05) is 42.1 Å². The minimum Gasteiger partial charge on any atom is -0.484 e. The number of nitrogens with two attached hydrogens (primary N) is 1. The lowest BCUT2D eigenvalue weighted by Gasteiger charge is -2.07. The van der Waals surface area contributed by atoms with Gasteiger partial charge in [-0.2, -0.15) is 5.10 Å². The Balaban J connectivity index is 1.71. The summed E-state index contributed by atoms with van der Waals surface area (Å²) in [6.45, 7) is 1.58. The Bertz CT molecular complexity index is 578. The SMILES string of the molecule is Cn1nccc1CCNCc1ccc(OCC(N)=O)cc1. The number of carbonyl (C=O) groups is 1. The van der Waals surface area contributed by atoms with Crippen molar-refractivity contribution >= 4 is 5.91 Å². The van der Waals surface area contributed by atoms with Crippen molar-refractivity contribution in [2.75, 3.05) is 13.2 Å². The second-order valence-electron chi connectivity index (χ2n) is 4.77. The van der Waals surface area contributed by atoms with E-state index in [9.17, 15) is 4.79 Å². The maximum atomic E-state index is 10.6. The third-order valence-corrected chi connectivity index (χ3v) is 3.11. The summed E-state index contributed by atoms with van der Waals surface area (Å²) in [5.74, 6) is 0.170. The zero-order valence-electron chi connectivity index (χ0n) is 12.1. The first-order valence-electron chi connectivity index (χ1n) is 6.83. The predicted octanol–water partition coefficient (Wildman–Crippen LogP) is 0.617. The normalized spacial score (nSPS) is 10.5. The lowest BCUT2D eigenvalue weighted by molar-refractivity contribution is -0.119. The number of hydrogen-bond donors (Lipinski definition) is 2. The zero-order valence-corrected chi connectivity index (χ0v) is 12.1. The molecular weight excluding hydrogens is 268 g/mol. The van der Waals surface area contributed by atoms with Crippen molar-refractivity contribution in [2.45, 2.75) is 13.0 Å². The summed E-state index contributed by atoms with van der Waals surface area (Å²) in [7, 11) is 1.94. The maximum absolute atomic E-state index is 10.6. The molecule has 0 aliphatic heterocycles. The molecule has 0 aliphatic rings. The minimum atomic E-state index is -0.476. The highest BCUT2D eigenvalue weighted by atomic mass is 16.5. The van der Waals surface area contributed by atoms with E-state index in [4.69, 9.17) is 10.5 Å². The molecule has 112 valence electrons. The third kappa shape index (κ3) is 4.92. The number of ether oxygens (including phenoxy) is 1. The number of amides is 1. The Labute approximate surface area is 123 Å². The Hall–Kier alpha value is -2.34. The molecule has 3 N–H and O–H groups in total. The molecule has 1 heterocycles. The third-order valence-electron chi connectivity index (χ3n) is 3.11. The fraction of sp³-hybridized carbons (Fsp3) is 0.333. The summed E-state index contributed by atoms with van der Waals surface area (Å²) < 4.78 is 7.09. The number of carbonyl (C=O) groups excluding carboxylic acids is 1. The summed E-state index contributed by atoms with van der Waals surface area (Å²) in [5, 5.41) is 7.52. The number of rotatable bonds is 8. The lowest BCUT2D eigenvalue weighted by atomic mass is 10.2. The van der Waals surface area contributed by atoms with Gasteiger partial charge in [-0.05, 0) is 23.8 Å². The van der Waals surface area contributed by atoms with E-state index in [0.29, 0.717) is 5.75 Å². The minimum absolute atomic E-state index is 0.0949. The molecule has 0 fully saturated rings. The molecule has 6 nitrogen and oxygen atoms in total. The molecule has 0 saturated carbocycles. The zero-order chi connectivity index (χ0) is 15.1. The van der Waals surface area contributed by atoms with Crippen molar-refractivity contribution in [1.82, 2.24) is 15.1 Å². The lowest BCUT2D eigenvalue weighted by Crippen LogP contribution is -2.20. The Morgan fingerprint density at radius 2 is 2.10 bits per heavy atom. The molecule has 21 heavy (non-hydrogen) atoms. The first kappa shape index (κ1) is 15.1. The molecule has 2 rings (SSSR count). The standard InChI is InChI=1S/C15H20N4O2/c1-19-13(7-9-18-19)6-8-17-10-12-2-4-14(5-3-12)21-11-15(16)20/h2-5,7,9,17H,6,8,10-11H2,1H3,(H2,16,20). The summed E-state index contributed by atoms with van der Waals surface area (Å²) in [4.78, 5) is 10.6. The van der Waals surface area contributed by atoms with Crippen molar-refractivity contribution in [1.29, 1.82) is 0 Å². The van der Waals surface area contributed by atoms with Crippen molar-refractivity contribution < 1.29 is 9.53 Å². The number of hydrogen-bond acceptors (Lipinski definition) is 4. The van der Waals surface area contributed by atoms with Gasteiger partial charge in [0.25, 0.3) is 5.91 Å². The van der Waals surface area contributed by atoms with Crippen LogP contribution in [0.25, 0.3) is 0 Å². The molecule has 1 aromatic heterocycles. The van der Waals surface area contributed by atoms with Gasteiger partial charge < -0.3 is 15.8 Å². The van der Waals surface area contributed by atoms with Crippen molar-refractivity contribution in [3.8, 4) is 5.75 Å². The number of nitrogens with one attached hydrogen (secondary N) is 1. The number of primary amides is 1. The molecular formula is C15H20N4O2. The number of aryl methyl sites for hydroxylation is 1. The van der Waals surface area contributed by atoms with Crippen LogP contribution >= 0.6 is 0 Å². The number of nitrogens with zero attached hydrogens (tertiary/aromatic N) is 2. The van der Waals surface area contributed by atoms with Gasteiger partial charge in [-0.25, -0.2) is 0 Å². The Kier molecular flexibility index (Phi) is 5.34. The van der Waals surface area contributed by atoms with Crippen LogP contribution in [-0.4, -0.2) is 28.8 Å². The first-order valence-corrected chi connectivity index (χ1v) is 6.83. The van der Waals surface area contributed by atoms with E-state index in [1.54, 1.807) is 6.20 Å². The first-order chi connectivity index (χ1) is 10.1.